The molecule has 1 atom stereocenters. The van der Waals surface area contributed by atoms with Crippen LogP contribution >= 0.6 is 11.8 Å². The van der Waals surface area contributed by atoms with Crippen LogP contribution in [-0.2, 0) is 0 Å². The van der Waals surface area contributed by atoms with Crippen LogP contribution in [-0.4, -0.2) is 42.1 Å². The van der Waals surface area contributed by atoms with Crippen LogP contribution in [0.4, 0.5) is 17.3 Å². The molecule has 2 aromatic heterocycles. The van der Waals surface area contributed by atoms with Crippen LogP contribution in [0.3, 0.4) is 0 Å². The molecule has 2 aliphatic heterocycles. The monoisotopic (exact) mass is 482 g/mol. The summed E-state index contributed by atoms with van der Waals surface area (Å²) in [7, 11) is 2.13. The molecule has 1 aromatic carbocycles. The number of rotatable bonds is 6. The van der Waals surface area contributed by atoms with Crippen molar-refractivity contribution in [2.24, 2.45) is 4.99 Å². The van der Waals surface area contributed by atoms with Crippen LogP contribution in [0.5, 0.6) is 0 Å². The van der Waals surface area contributed by atoms with Gasteiger partial charge >= 0.3 is 0 Å². The van der Waals surface area contributed by atoms with Gasteiger partial charge in [0, 0.05) is 55.1 Å². The lowest BCUT2D eigenvalue weighted by Crippen LogP contribution is -2.35. The van der Waals surface area contributed by atoms with Crippen LogP contribution in [0, 0.1) is 0 Å². The molecule has 0 fully saturated rings. The smallest absolute Gasteiger partial charge is 0.158 e. The van der Waals surface area contributed by atoms with Gasteiger partial charge in [0.25, 0.3) is 0 Å². The molecule has 0 saturated heterocycles. The van der Waals surface area contributed by atoms with Crippen molar-refractivity contribution < 1.29 is 0 Å². The minimum absolute atomic E-state index is 0.216. The molecule has 0 aliphatic carbocycles. The van der Waals surface area contributed by atoms with Gasteiger partial charge < -0.3 is 15.1 Å². The first-order valence-electron chi connectivity index (χ1n) is 11.8. The van der Waals surface area contributed by atoms with Crippen molar-refractivity contribution in [1.82, 2.24) is 9.97 Å². The lowest BCUT2D eigenvalue weighted by Gasteiger charge is -2.31. The van der Waals surface area contributed by atoms with Crippen LogP contribution in [0.2, 0.25) is 0 Å². The predicted molar refractivity (Wildman–Crippen MR) is 149 cm³/mol. The SMILES string of the molecule is C=C(Nc1cc(C2=CN=CC2)ccn1)N1c2nc(-c3cccc(SC)c3)ccc2N(C)CC[C@H]1C. The van der Waals surface area contributed by atoms with E-state index in [0.717, 1.165) is 59.4 Å². The average Bonchev–Trinajstić information content (AvgIpc) is 3.39. The third kappa shape index (κ3) is 4.82. The molecule has 0 unspecified atom stereocenters. The summed E-state index contributed by atoms with van der Waals surface area (Å²) >= 11 is 1.74. The standard InChI is InChI=1S/C28H30N6S/c1-19-12-15-33(3)26-9-8-25(22-6-5-7-24(16-22)35-4)32-28(26)34(19)20(2)31-27-17-21(11-14-30-27)23-10-13-29-18-23/h5-9,11,13-14,16-19H,2,10,12,15H2,1,3-4H3,(H,30,31)/t19-/m1/s1. The summed E-state index contributed by atoms with van der Waals surface area (Å²) in [5.74, 6) is 2.43. The Balaban J connectivity index is 1.49. The van der Waals surface area contributed by atoms with E-state index < -0.39 is 0 Å². The van der Waals surface area contributed by atoms with Gasteiger partial charge in [-0.2, -0.15) is 0 Å². The molecule has 178 valence electrons. The third-order valence-electron chi connectivity index (χ3n) is 6.52. The maximum Gasteiger partial charge on any atom is 0.158 e. The zero-order chi connectivity index (χ0) is 24.4. The number of hydrogen-bond acceptors (Lipinski definition) is 7. The van der Waals surface area contributed by atoms with Gasteiger partial charge in [-0.05, 0) is 67.1 Å². The Kier molecular flexibility index (Phi) is 6.59. The number of allylic oxidation sites excluding steroid dienone is 1. The fourth-order valence-corrected chi connectivity index (χ4v) is 5.00. The van der Waals surface area contributed by atoms with Crippen molar-refractivity contribution in [1.29, 1.82) is 0 Å². The molecule has 3 aromatic rings. The van der Waals surface area contributed by atoms with E-state index >= 15 is 0 Å². The van der Waals surface area contributed by atoms with Crippen molar-refractivity contribution in [2.45, 2.75) is 30.7 Å². The molecular weight excluding hydrogens is 452 g/mol. The maximum absolute atomic E-state index is 5.17. The van der Waals surface area contributed by atoms with Gasteiger partial charge in [-0.25, -0.2) is 9.97 Å². The van der Waals surface area contributed by atoms with E-state index in [1.54, 1.807) is 11.8 Å². The molecule has 0 amide bonds. The zero-order valence-electron chi connectivity index (χ0n) is 20.4. The van der Waals surface area contributed by atoms with E-state index in [9.17, 15) is 0 Å². The van der Waals surface area contributed by atoms with E-state index in [1.807, 2.05) is 24.7 Å². The molecule has 0 spiro atoms. The van der Waals surface area contributed by atoms with Gasteiger partial charge in [0.05, 0.1) is 11.4 Å². The molecule has 4 heterocycles. The first-order chi connectivity index (χ1) is 17.0. The van der Waals surface area contributed by atoms with Crippen molar-refractivity contribution in [2.75, 3.05) is 35.0 Å². The number of nitrogens with one attached hydrogen (secondary N) is 1. The van der Waals surface area contributed by atoms with Crippen LogP contribution in [0.1, 0.15) is 25.3 Å². The van der Waals surface area contributed by atoms with Gasteiger partial charge in [-0.3, -0.25) is 4.99 Å². The summed E-state index contributed by atoms with van der Waals surface area (Å²) in [5, 5.41) is 3.46. The maximum atomic E-state index is 5.17. The van der Waals surface area contributed by atoms with Gasteiger partial charge in [-0.1, -0.05) is 18.7 Å². The lowest BCUT2D eigenvalue weighted by molar-refractivity contribution is 0.640. The Hall–Kier alpha value is -3.58. The summed E-state index contributed by atoms with van der Waals surface area (Å²) in [4.78, 5) is 19.7. The highest BCUT2D eigenvalue weighted by atomic mass is 32.2. The first-order valence-corrected chi connectivity index (χ1v) is 13.0. The molecular formula is C28H30N6S. The third-order valence-corrected chi connectivity index (χ3v) is 7.25. The van der Waals surface area contributed by atoms with Crippen molar-refractivity contribution in [3.63, 3.8) is 0 Å². The topological polar surface area (TPSA) is 56.7 Å². The lowest BCUT2D eigenvalue weighted by atomic mass is 10.1. The Labute approximate surface area is 211 Å². The number of hydrogen-bond donors (Lipinski definition) is 1. The number of aromatic nitrogens is 2. The highest BCUT2D eigenvalue weighted by Gasteiger charge is 2.28. The Morgan fingerprint density at radius 1 is 1.14 bits per heavy atom. The first kappa shape index (κ1) is 23.2. The van der Waals surface area contributed by atoms with Crippen molar-refractivity contribution in [3.8, 4) is 11.3 Å². The second-order valence-corrected chi connectivity index (χ2v) is 9.77. The Morgan fingerprint density at radius 2 is 2.03 bits per heavy atom. The Bertz CT molecular complexity index is 1310. The molecule has 7 heteroatoms. The number of aliphatic imine (C=N–C) groups is 1. The fraction of sp³-hybridized carbons (Fsp3) is 0.250. The highest BCUT2D eigenvalue weighted by molar-refractivity contribution is 7.98. The minimum atomic E-state index is 0.216. The number of fused-ring (bicyclic) bond motifs is 1. The van der Waals surface area contributed by atoms with Gasteiger partial charge in [0.1, 0.15) is 11.6 Å². The largest absolute Gasteiger partial charge is 0.372 e. The number of nitrogens with zero attached hydrogens (tertiary/aromatic N) is 5. The van der Waals surface area contributed by atoms with E-state index in [-0.39, 0.29) is 6.04 Å². The van der Waals surface area contributed by atoms with E-state index in [4.69, 9.17) is 4.98 Å². The number of pyridine rings is 2. The molecule has 2 aliphatic rings. The van der Waals surface area contributed by atoms with E-state index in [2.05, 4.69) is 94.4 Å². The predicted octanol–water partition coefficient (Wildman–Crippen LogP) is 6.30. The van der Waals surface area contributed by atoms with Crippen LogP contribution in [0.25, 0.3) is 16.8 Å². The highest BCUT2D eigenvalue weighted by Crippen LogP contribution is 2.37. The summed E-state index contributed by atoms with van der Waals surface area (Å²) in [6, 6.07) is 17.1. The fourth-order valence-electron chi connectivity index (χ4n) is 4.54. The number of thioether (sulfide) groups is 1. The summed E-state index contributed by atoms with van der Waals surface area (Å²) in [5.41, 5.74) is 5.46. The number of anilines is 3. The van der Waals surface area contributed by atoms with E-state index in [1.165, 1.54) is 10.5 Å². The average molecular weight is 483 g/mol. The minimum Gasteiger partial charge on any atom is -0.372 e. The second-order valence-electron chi connectivity index (χ2n) is 8.89. The molecule has 0 bridgehead atoms. The molecule has 35 heavy (non-hydrogen) atoms. The summed E-state index contributed by atoms with van der Waals surface area (Å²) in [6.07, 6.45) is 9.59. The van der Waals surface area contributed by atoms with Crippen molar-refractivity contribution >= 4 is 40.9 Å². The van der Waals surface area contributed by atoms with Gasteiger partial charge in [-0.15, -0.1) is 11.8 Å². The molecule has 5 rings (SSSR count). The summed E-state index contributed by atoms with van der Waals surface area (Å²) in [6.45, 7) is 7.59. The normalized spacial score (nSPS) is 17.1. The van der Waals surface area contributed by atoms with Crippen LogP contribution < -0.4 is 15.1 Å². The number of benzene rings is 1. The molecule has 0 radical (unpaired) electrons. The zero-order valence-corrected chi connectivity index (χ0v) is 21.2. The van der Waals surface area contributed by atoms with E-state index in [0.29, 0.717) is 0 Å². The summed E-state index contributed by atoms with van der Waals surface area (Å²) < 4.78 is 0. The van der Waals surface area contributed by atoms with Crippen LogP contribution in [0.15, 0.2) is 83.2 Å². The van der Waals surface area contributed by atoms with Gasteiger partial charge in [0.15, 0.2) is 5.82 Å². The Morgan fingerprint density at radius 3 is 2.83 bits per heavy atom. The molecule has 6 nitrogen and oxygen atoms in total. The second kappa shape index (κ2) is 9.96. The van der Waals surface area contributed by atoms with Crippen molar-refractivity contribution in [3.05, 3.63) is 78.9 Å². The van der Waals surface area contributed by atoms with Gasteiger partial charge in [0.2, 0.25) is 0 Å². The molecule has 1 N–H and O–H groups in total. The quantitative estimate of drug-likeness (QED) is 0.416. The molecule has 0 saturated carbocycles.